The Morgan fingerprint density at radius 1 is 1.24 bits per heavy atom. The fraction of sp³-hybridized carbons (Fsp3) is 0.250. The van der Waals surface area contributed by atoms with Crippen LogP contribution in [0.5, 0.6) is 0 Å². The zero-order chi connectivity index (χ0) is 15.4. The summed E-state index contributed by atoms with van der Waals surface area (Å²) in [7, 11) is 1.89. The zero-order valence-corrected chi connectivity index (χ0v) is 12.7. The van der Waals surface area contributed by atoms with Crippen molar-refractivity contribution >= 4 is 17.3 Å². The van der Waals surface area contributed by atoms with E-state index in [1.807, 2.05) is 32.2 Å². The predicted octanol–water partition coefficient (Wildman–Crippen LogP) is 4.06. The van der Waals surface area contributed by atoms with Crippen LogP contribution in [0.25, 0.3) is 0 Å². The van der Waals surface area contributed by atoms with Crippen molar-refractivity contribution in [1.29, 1.82) is 0 Å². The summed E-state index contributed by atoms with van der Waals surface area (Å²) in [5.41, 5.74) is 3.30. The fourth-order valence-electron chi connectivity index (χ4n) is 2.20. The first-order valence-electron chi connectivity index (χ1n) is 6.68. The Morgan fingerprint density at radius 3 is 2.43 bits per heavy atom. The monoisotopic (exact) mass is 304 g/mol. The second-order valence-corrected chi connectivity index (χ2v) is 5.38. The van der Waals surface area contributed by atoms with Crippen molar-refractivity contribution in [2.24, 2.45) is 0 Å². The number of nitrogens with zero attached hydrogens (tertiary/aromatic N) is 1. The zero-order valence-electron chi connectivity index (χ0n) is 12.0. The molecule has 0 aliphatic heterocycles. The van der Waals surface area contributed by atoms with E-state index in [0.717, 1.165) is 28.1 Å². The molecule has 0 aliphatic carbocycles. The second kappa shape index (κ2) is 6.70. The molecule has 5 heteroatoms. The van der Waals surface area contributed by atoms with E-state index in [4.69, 9.17) is 11.6 Å². The normalized spacial score (nSPS) is 12.1. The average molecular weight is 305 g/mol. The first kappa shape index (κ1) is 15.5. The smallest absolute Gasteiger partial charge is 0.269 e. The summed E-state index contributed by atoms with van der Waals surface area (Å²) in [6, 6.07) is 12.8. The molecule has 110 valence electrons. The minimum absolute atomic E-state index is 0.109. The lowest BCUT2D eigenvalue weighted by Crippen LogP contribution is -2.18. The van der Waals surface area contributed by atoms with Crippen molar-refractivity contribution in [1.82, 2.24) is 5.32 Å². The van der Waals surface area contributed by atoms with Crippen molar-refractivity contribution in [2.75, 3.05) is 7.05 Å². The van der Waals surface area contributed by atoms with Gasteiger partial charge in [-0.15, -0.1) is 0 Å². The maximum Gasteiger partial charge on any atom is 0.269 e. The van der Waals surface area contributed by atoms with Gasteiger partial charge in [0.1, 0.15) is 0 Å². The van der Waals surface area contributed by atoms with E-state index in [2.05, 4.69) is 5.32 Å². The van der Waals surface area contributed by atoms with Crippen LogP contribution in [0, 0.1) is 17.0 Å². The molecule has 0 heterocycles. The van der Waals surface area contributed by atoms with E-state index in [1.54, 1.807) is 12.1 Å². The Hall–Kier alpha value is -1.91. The van der Waals surface area contributed by atoms with Gasteiger partial charge in [0.25, 0.3) is 5.69 Å². The highest BCUT2D eigenvalue weighted by Gasteiger charge is 2.12. The van der Waals surface area contributed by atoms with Gasteiger partial charge >= 0.3 is 0 Å². The van der Waals surface area contributed by atoms with Gasteiger partial charge in [0.05, 0.1) is 4.92 Å². The lowest BCUT2D eigenvalue weighted by atomic mass is 9.98. The Labute approximate surface area is 128 Å². The number of nitro groups is 1. The first-order valence-corrected chi connectivity index (χ1v) is 7.05. The quantitative estimate of drug-likeness (QED) is 0.669. The summed E-state index contributed by atoms with van der Waals surface area (Å²) in [5.74, 6) is 0. The van der Waals surface area contributed by atoms with E-state index in [9.17, 15) is 10.1 Å². The van der Waals surface area contributed by atoms with Crippen LogP contribution in [0.4, 0.5) is 5.69 Å². The molecule has 1 N–H and O–H groups in total. The number of hydrogen-bond acceptors (Lipinski definition) is 3. The molecule has 2 aromatic carbocycles. The van der Waals surface area contributed by atoms with Gasteiger partial charge in [-0.1, -0.05) is 35.9 Å². The van der Waals surface area contributed by atoms with Crippen LogP contribution in [-0.2, 0) is 6.42 Å². The minimum Gasteiger partial charge on any atom is -0.313 e. The van der Waals surface area contributed by atoms with Gasteiger partial charge in [-0.25, -0.2) is 0 Å². The molecule has 0 saturated heterocycles. The van der Waals surface area contributed by atoms with Crippen LogP contribution in [0.15, 0.2) is 42.5 Å². The molecule has 0 spiro atoms. The highest BCUT2D eigenvalue weighted by Crippen LogP contribution is 2.24. The molecule has 4 nitrogen and oxygen atoms in total. The Morgan fingerprint density at radius 2 is 1.90 bits per heavy atom. The van der Waals surface area contributed by atoms with Crippen molar-refractivity contribution < 1.29 is 4.92 Å². The SMILES string of the molecule is CNC(Cc1ccc([N+](=O)[O-])cc1)c1ccc(C)c(Cl)c1. The summed E-state index contributed by atoms with van der Waals surface area (Å²) in [5, 5.41) is 14.7. The van der Waals surface area contributed by atoms with Crippen molar-refractivity contribution in [3.63, 3.8) is 0 Å². The third-order valence-corrected chi connectivity index (χ3v) is 3.94. The number of non-ortho nitro benzene ring substituents is 1. The molecule has 0 fully saturated rings. The first-order chi connectivity index (χ1) is 10.0. The molecule has 2 aromatic rings. The number of likely N-dealkylation sites (N-methyl/N-ethyl adjacent to an activating group) is 1. The summed E-state index contributed by atoms with van der Waals surface area (Å²) in [4.78, 5) is 10.3. The molecule has 1 atom stereocenters. The average Bonchev–Trinajstić information content (AvgIpc) is 2.48. The van der Waals surface area contributed by atoms with Crippen molar-refractivity contribution in [3.8, 4) is 0 Å². The molecule has 0 bridgehead atoms. The lowest BCUT2D eigenvalue weighted by molar-refractivity contribution is -0.384. The number of benzene rings is 2. The second-order valence-electron chi connectivity index (χ2n) is 4.98. The van der Waals surface area contributed by atoms with E-state index in [1.165, 1.54) is 12.1 Å². The third kappa shape index (κ3) is 3.80. The maximum absolute atomic E-state index is 10.7. The topological polar surface area (TPSA) is 55.2 Å². The number of rotatable bonds is 5. The molecule has 2 rings (SSSR count). The number of halogens is 1. The molecular formula is C16H17ClN2O2. The summed E-state index contributed by atoms with van der Waals surface area (Å²) in [6.07, 6.45) is 0.744. The van der Waals surface area contributed by atoms with E-state index >= 15 is 0 Å². The predicted molar refractivity (Wildman–Crippen MR) is 84.8 cm³/mol. The standard InChI is InChI=1S/C16H17ClN2O2/c1-11-3-6-13(10-15(11)17)16(18-2)9-12-4-7-14(8-5-12)19(20)21/h3-8,10,16,18H,9H2,1-2H3. The van der Waals surface area contributed by atoms with E-state index < -0.39 is 0 Å². The molecule has 0 aliphatic rings. The van der Waals surface area contributed by atoms with E-state index in [-0.39, 0.29) is 16.7 Å². The Bertz CT molecular complexity index is 641. The highest BCUT2D eigenvalue weighted by atomic mass is 35.5. The van der Waals surface area contributed by atoms with Crippen LogP contribution in [0.2, 0.25) is 5.02 Å². The minimum atomic E-state index is -0.390. The van der Waals surface area contributed by atoms with Gasteiger partial charge in [-0.2, -0.15) is 0 Å². The highest BCUT2D eigenvalue weighted by molar-refractivity contribution is 6.31. The van der Waals surface area contributed by atoms with Crippen LogP contribution < -0.4 is 5.32 Å². The van der Waals surface area contributed by atoms with Crippen LogP contribution in [0.1, 0.15) is 22.7 Å². The van der Waals surface area contributed by atoms with Gasteiger partial charge in [0.2, 0.25) is 0 Å². The molecular weight excluding hydrogens is 288 g/mol. The molecule has 0 saturated carbocycles. The molecule has 0 aromatic heterocycles. The van der Waals surface area contributed by atoms with Gasteiger partial charge in [-0.3, -0.25) is 10.1 Å². The third-order valence-electron chi connectivity index (χ3n) is 3.53. The Kier molecular flexibility index (Phi) is 4.94. The summed E-state index contributed by atoms with van der Waals surface area (Å²) < 4.78 is 0. The maximum atomic E-state index is 10.7. The number of aryl methyl sites for hydroxylation is 1. The molecule has 0 amide bonds. The largest absolute Gasteiger partial charge is 0.313 e. The number of nitro benzene ring substituents is 1. The van der Waals surface area contributed by atoms with E-state index in [0.29, 0.717) is 0 Å². The number of nitrogens with one attached hydrogen (secondary N) is 1. The van der Waals surface area contributed by atoms with Crippen LogP contribution in [-0.4, -0.2) is 12.0 Å². The molecule has 1 unspecified atom stereocenters. The Balaban J connectivity index is 2.18. The van der Waals surface area contributed by atoms with Crippen LogP contribution >= 0.6 is 11.6 Å². The fourth-order valence-corrected chi connectivity index (χ4v) is 2.39. The molecule has 0 radical (unpaired) electrons. The molecule has 21 heavy (non-hydrogen) atoms. The van der Waals surface area contributed by atoms with Gasteiger partial charge in [-0.05, 0) is 43.1 Å². The van der Waals surface area contributed by atoms with Crippen molar-refractivity contribution in [2.45, 2.75) is 19.4 Å². The van der Waals surface area contributed by atoms with Gasteiger partial charge in [0.15, 0.2) is 0 Å². The lowest BCUT2D eigenvalue weighted by Gasteiger charge is -2.17. The summed E-state index contributed by atoms with van der Waals surface area (Å²) in [6.45, 7) is 1.97. The van der Waals surface area contributed by atoms with Crippen LogP contribution in [0.3, 0.4) is 0 Å². The summed E-state index contributed by atoms with van der Waals surface area (Å²) >= 11 is 6.17. The van der Waals surface area contributed by atoms with Crippen molar-refractivity contribution in [3.05, 3.63) is 74.3 Å². The van der Waals surface area contributed by atoms with Gasteiger partial charge in [0, 0.05) is 23.2 Å². The number of hydrogen-bond donors (Lipinski definition) is 1. The van der Waals surface area contributed by atoms with Gasteiger partial charge < -0.3 is 5.32 Å².